The third kappa shape index (κ3) is 2.03. The second-order valence-electron chi connectivity index (χ2n) is 3.75. The van der Waals surface area contributed by atoms with Crippen LogP contribution in [0.3, 0.4) is 0 Å². The zero-order valence-electron chi connectivity index (χ0n) is 10.1. The summed E-state index contributed by atoms with van der Waals surface area (Å²) < 4.78 is 6.25. The number of carbonyl (C=O) groups excluding carboxylic acids is 1. The van der Waals surface area contributed by atoms with Gasteiger partial charge in [-0.25, -0.2) is 9.59 Å². The summed E-state index contributed by atoms with van der Waals surface area (Å²) in [6.45, 7) is 3.30. The molecule has 0 aliphatic heterocycles. The average molecular weight is 241 g/mol. The number of aliphatic hydroxyl groups is 1. The predicted molar refractivity (Wildman–Crippen MR) is 58.8 cm³/mol. The summed E-state index contributed by atoms with van der Waals surface area (Å²) in [4.78, 5) is 22.4. The van der Waals surface area contributed by atoms with Gasteiger partial charge in [-0.15, -0.1) is 0 Å². The number of rotatable bonds is 3. The summed E-state index contributed by atoms with van der Waals surface area (Å²) in [5, 5.41) is 18.4. The Morgan fingerprint density at radius 1 is 1.29 bits per heavy atom. The molecule has 1 aromatic rings. The van der Waals surface area contributed by atoms with Gasteiger partial charge in [-0.1, -0.05) is 0 Å². The van der Waals surface area contributed by atoms with Gasteiger partial charge >= 0.3 is 11.9 Å². The van der Waals surface area contributed by atoms with E-state index in [-0.39, 0.29) is 11.1 Å². The van der Waals surface area contributed by atoms with Crippen LogP contribution in [0.15, 0.2) is 0 Å². The molecule has 0 spiro atoms. The van der Waals surface area contributed by atoms with Crippen molar-refractivity contribution in [1.29, 1.82) is 0 Å². The van der Waals surface area contributed by atoms with E-state index in [9.17, 15) is 14.7 Å². The maximum Gasteiger partial charge on any atom is 0.340 e. The summed E-state index contributed by atoms with van der Waals surface area (Å²) in [5.41, 5.74) is 1.29. The molecule has 0 saturated heterocycles. The van der Waals surface area contributed by atoms with Crippen molar-refractivity contribution < 1.29 is 24.5 Å². The minimum absolute atomic E-state index is 0.0874. The van der Waals surface area contributed by atoms with E-state index in [1.54, 1.807) is 25.5 Å². The molecule has 2 N–H and O–H groups in total. The lowest BCUT2D eigenvalue weighted by atomic mass is 10.0. The van der Waals surface area contributed by atoms with Crippen molar-refractivity contribution in [3.05, 3.63) is 22.5 Å². The number of hydrogen-bond donors (Lipinski definition) is 2. The molecular formula is C11H15NO5. The van der Waals surface area contributed by atoms with Crippen LogP contribution in [0, 0.1) is 13.8 Å². The second kappa shape index (κ2) is 4.58. The summed E-state index contributed by atoms with van der Waals surface area (Å²) in [5.74, 6) is -2.05. The topological polar surface area (TPSA) is 88.8 Å². The molecule has 0 aliphatic carbocycles. The highest BCUT2D eigenvalue weighted by molar-refractivity contribution is 5.95. The fourth-order valence-corrected chi connectivity index (χ4v) is 1.79. The van der Waals surface area contributed by atoms with Gasteiger partial charge in [0.15, 0.2) is 6.10 Å². The van der Waals surface area contributed by atoms with Crippen molar-refractivity contribution in [2.24, 2.45) is 7.05 Å². The van der Waals surface area contributed by atoms with Crippen LogP contribution < -0.4 is 0 Å². The Balaban J connectivity index is 3.52. The van der Waals surface area contributed by atoms with Gasteiger partial charge in [0.05, 0.1) is 12.7 Å². The number of aliphatic hydroxyl groups excluding tert-OH is 1. The van der Waals surface area contributed by atoms with Crippen molar-refractivity contribution in [3.8, 4) is 0 Å². The summed E-state index contributed by atoms with van der Waals surface area (Å²) >= 11 is 0. The Labute approximate surface area is 98.4 Å². The number of carboxylic acids is 1. The Hall–Kier alpha value is -1.82. The molecule has 1 heterocycles. The largest absolute Gasteiger partial charge is 0.479 e. The van der Waals surface area contributed by atoms with Gasteiger partial charge in [0.25, 0.3) is 0 Å². The normalized spacial score (nSPS) is 12.3. The van der Waals surface area contributed by atoms with Gasteiger partial charge in [0.1, 0.15) is 0 Å². The van der Waals surface area contributed by atoms with Crippen LogP contribution in [-0.2, 0) is 16.6 Å². The molecular weight excluding hydrogens is 226 g/mol. The summed E-state index contributed by atoms with van der Waals surface area (Å²) in [7, 11) is 2.90. The monoisotopic (exact) mass is 241 g/mol. The van der Waals surface area contributed by atoms with E-state index in [1.165, 1.54) is 7.11 Å². The first-order chi connectivity index (χ1) is 7.82. The summed E-state index contributed by atoms with van der Waals surface area (Å²) in [6.07, 6.45) is -1.73. The maximum absolute atomic E-state index is 11.6. The van der Waals surface area contributed by atoms with Gasteiger partial charge in [-0.2, -0.15) is 0 Å². The maximum atomic E-state index is 11.6. The Morgan fingerprint density at radius 2 is 1.82 bits per heavy atom. The molecule has 0 radical (unpaired) electrons. The van der Waals surface area contributed by atoms with Crippen molar-refractivity contribution in [2.75, 3.05) is 7.11 Å². The fourth-order valence-electron chi connectivity index (χ4n) is 1.79. The molecule has 0 aliphatic rings. The second-order valence-corrected chi connectivity index (χ2v) is 3.75. The minimum atomic E-state index is -1.73. The van der Waals surface area contributed by atoms with Gasteiger partial charge in [0, 0.05) is 24.0 Å². The number of esters is 1. The van der Waals surface area contributed by atoms with Gasteiger partial charge < -0.3 is 19.5 Å². The van der Waals surface area contributed by atoms with Crippen LogP contribution in [0.1, 0.15) is 33.4 Å². The Morgan fingerprint density at radius 3 is 2.24 bits per heavy atom. The van der Waals surface area contributed by atoms with E-state index in [0.717, 1.165) is 0 Å². The Bertz CT molecular complexity index is 475. The standard InChI is InChI=1S/C11H15NO5/c1-5-7(9(13)10(14)15)8(11(16)17-4)6(2)12(5)3/h9,13H,1-4H3,(H,14,15). The van der Waals surface area contributed by atoms with Gasteiger partial charge in [0.2, 0.25) is 0 Å². The highest BCUT2D eigenvalue weighted by Crippen LogP contribution is 2.28. The zero-order chi connectivity index (χ0) is 13.3. The van der Waals surface area contributed by atoms with E-state index < -0.39 is 18.0 Å². The van der Waals surface area contributed by atoms with Crippen molar-refractivity contribution in [3.63, 3.8) is 0 Å². The van der Waals surface area contributed by atoms with Crippen LogP contribution in [0.25, 0.3) is 0 Å². The van der Waals surface area contributed by atoms with Crippen LogP contribution in [0.4, 0.5) is 0 Å². The number of carbonyl (C=O) groups is 2. The number of nitrogens with zero attached hydrogens (tertiary/aromatic N) is 1. The Kier molecular flexibility index (Phi) is 3.57. The molecule has 1 atom stereocenters. The van der Waals surface area contributed by atoms with Crippen molar-refractivity contribution >= 4 is 11.9 Å². The first kappa shape index (κ1) is 13.2. The molecule has 1 unspecified atom stereocenters. The van der Waals surface area contributed by atoms with E-state index in [4.69, 9.17) is 5.11 Å². The highest BCUT2D eigenvalue weighted by Gasteiger charge is 2.30. The molecule has 0 aromatic carbocycles. The van der Waals surface area contributed by atoms with Crippen LogP contribution >= 0.6 is 0 Å². The third-order valence-electron chi connectivity index (χ3n) is 2.92. The van der Waals surface area contributed by atoms with E-state index in [0.29, 0.717) is 11.4 Å². The van der Waals surface area contributed by atoms with Gasteiger partial charge in [-0.05, 0) is 13.8 Å². The molecule has 1 aromatic heterocycles. The van der Waals surface area contributed by atoms with E-state index in [1.807, 2.05) is 0 Å². The molecule has 6 nitrogen and oxygen atoms in total. The lowest BCUT2D eigenvalue weighted by Gasteiger charge is -2.08. The van der Waals surface area contributed by atoms with Crippen LogP contribution in [-0.4, -0.2) is 33.8 Å². The van der Waals surface area contributed by atoms with Crippen molar-refractivity contribution in [2.45, 2.75) is 20.0 Å². The third-order valence-corrected chi connectivity index (χ3v) is 2.92. The molecule has 6 heteroatoms. The fraction of sp³-hybridized carbons (Fsp3) is 0.455. The number of ether oxygens (including phenoxy) is 1. The number of aliphatic carboxylic acids is 1. The first-order valence-corrected chi connectivity index (χ1v) is 4.97. The number of carboxylic acid groups (broad SMARTS) is 1. The lowest BCUT2D eigenvalue weighted by molar-refractivity contribution is -0.147. The lowest BCUT2D eigenvalue weighted by Crippen LogP contribution is -2.15. The minimum Gasteiger partial charge on any atom is -0.479 e. The highest BCUT2D eigenvalue weighted by atomic mass is 16.5. The SMILES string of the molecule is COC(=O)c1c(C(O)C(=O)O)c(C)n(C)c1C. The average Bonchev–Trinajstić information content (AvgIpc) is 2.51. The van der Waals surface area contributed by atoms with Gasteiger partial charge in [-0.3, -0.25) is 0 Å². The van der Waals surface area contributed by atoms with Crippen LogP contribution in [0.2, 0.25) is 0 Å². The zero-order valence-corrected chi connectivity index (χ0v) is 10.1. The number of methoxy groups -OCH3 is 1. The molecule has 0 bridgehead atoms. The molecule has 0 saturated carbocycles. The molecule has 0 fully saturated rings. The smallest absolute Gasteiger partial charge is 0.340 e. The van der Waals surface area contributed by atoms with Crippen LogP contribution in [0.5, 0.6) is 0 Å². The molecule has 0 amide bonds. The first-order valence-electron chi connectivity index (χ1n) is 4.97. The predicted octanol–water partition coefficient (Wildman–Crippen LogP) is 0.547. The molecule has 1 rings (SSSR count). The van der Waals surface area contributed by atoms with E-state index >= 15 is 0 Å². The number of hydrogen-bond acceptors (Lipinski definition) is 4. The van der Waals surface area contributed by atoms with E-state index in [2.05, 4.69) is 4.74 Å². The summed E-state index contributed by atoms with van der Waals surface area (Å²) in [6, 6.07) is 0. The number of aromatic nitrogens is 1. The molecule has 94 valence electrons. The quantitative estimate of drug-likeness (QED) is 0.754. The van der Waals surface area contributed by atoms with Crippen molar-refractivity contribution in [1.82, 2.24) is 4.57 Å². The molecule has 17 heavy (non-hydrogen) atoms.